The maximum atomic E-state index is 8.74. The topological polar surface area (TPSA) is 153 Å². The third-order valence-electron chi connectivity index (χ3n) is 0. The second-order valence-electron chi connectivity index (χ2n) is 1.40. The van der Waals surface area contributed by atoms with Crippen LogP contribution in [-0.4, -0.2) is 30.5 Å². The van der Waals surface area contributed by atoms with E-state index in [0.29, 0.717) is 0 Å². The van der Waals surface area contributed by atoms with Crippen LogP contribution in [0, 0.1) is 0 Å². The van der Waals surface area contributed by atoms with Gasteiger partial charge in [-0.3, -0.25) is 9.11 Å². The first-order valence-corrected chi connectivity index (χ1v) is 6.64. The van der Waals surface area contributed by atoms with Crippen molar-refractivity contribution < 1.29 is 38.6 Å². The van der Waals surface area contributed by atoms with E-state index in [0.717, 1.165) is 0 Å². The fourth-order valence-corrected chi connectivity index (χ4v) is 0. The fraction of sp³-hybridized carbons (Fsp3) is 0. The average Bonchev–Trinajstić information content (AvgIpc) is 1.73. The molecule has 0 aromatic carbocycles. The molecule has 0 aromatic rings. The SMILES string of the molecule is NC(=S)[S-].NC(=S)[S-].NC(=S)[S-].O=S(=O)(O)O.[Mo+3]. The summed E-state index contributed by atoms with van der Waals surface area (Å²) in [6, 6.07) is 0. The van der Waals surface area contributed by atoms with Crippen molar-refractivity contribution in [1.29, 1.82) is 0 Å². The van der Waals surface area contributed by atoms with Crippen LogP contribution in [0.3, 0.4) is 0 Å². The summed E-state index contributed by atoms with van der Waals surface area (Å²) >= 11 is 24.8. The average molecular weight is 471 g/mol. The van der Waals surface area contributed by atoms with Crippen LogP contribution in [0.25, 0.3) is 0 Å². The van der Waals surface area contributed by atoms with Gasteiger partial charge in [-0.2, -0.15) is 8.42 Å². The summed E-state index contributed by atoms with van der Waals surface area (Å²) in [5.41, 5.74) is 14.0. The van der Waals surface area contributed by atoms with Crippen LogP contribution < -0.4 is 17.2 Å². The summed E-state index contributed by atoms with van der Waals surface area (Å²) in [5, 5.41) is 0. The monoisotopic (exact) mass is 472 g/mol. The molecule has 18 heavy (non-hydrogen) atoms. The van der Waals surface area contributed by atoms with Gasteiger partial charge in [-0.1, -0.05) is 13.0 Å². The molecule has 0 rings (SSSR count). The van der Waals surface area contributed by atoms with E-state index in [9.17, 15) is 0 Å². The molecule has 0 bridgehead atoms. The van der Waals surface area contributed by atoms with Gasteiger partial charge < -0.3 is 91.7 Å². The predicted molar refractivity (Wildman–Crippen MR) is 86.6 cm³/mol. The fourth-order valence-electron chi connectivity index (χ4n) is 0. The second kappa shape index (κ2) is 20.2. The third kappa shape index (κ3) is 5400. The summed E-state index contributed by atoms with van der Waals surface area (Å²) < 4.78 is 31.8. The van der Waals surface area contributed by atoms with Crippen molar-refractivity contribution in [1.82, 2.24) is 0 Å². The van der Waals surface area contributed by atoms with Gasteiger partial charge in [-0.15, -0.1) is 0 Å². The van der Waals surface area contributed by atoms with E-state index in [1.165, 1.54) is 0 Å². The van der Waals surface area contributed by atoms with Crippen molar-refractivity contribution in [3.05, 3.63) is 0 Å². The van der Waals surface area contributed by atoms with Gasteiger partial charge in [0.1, 0.15) is 0 Å². The minimum Gasteiger partial charge on any atom is -0.415 e. The van der Waals surface area contributed by atoms with E-state index in [4.69, 9.17) is 17.5 Å². The molecule has 0 unspecified atom stereocenters. The van der Waals surface area contributed by atoms with Crippen LogP contribution in [0.4, 0.5) is 0 Å². The summed E-state index contributed by atoms with van der Waals surface area (Å²) in [6.07, 6.45) is 0. The Morgan fingerprint density at radius 3 is 0.833 bits per heavy atom. The Hall–Kier alpha value is 0.888. The predicted octanol–water partition coefficient (Wildman–Crippen LogP) is -1.32. The number of nitrogens with two attached hydrogens (primary N) is 3. The molecule has 1 radical (unpaired) electrons. The van der Waals surface area contributed by atoms with Gasteiger partial charge in [0.2, 0.25) is 0 Å². The molecule has 0 spiro atoms. The molecule has 0 saturated heterocycles. The van der Waals surface area contributed by atoms with Gasteiger partial charge in [0, 0.05) is 0 Å². The van der Waals surface area contributed by atoms with Gasteiger partial charge in [-0.05, 0) is 0 Å². The molecule has 107 valence electrons. The first kappa shape index (κ1) is 31.3. The molecule has 0 amide bonds. The Balaban J connectivity index is -0.0000000412. The van der Waals surface area contributed by atoms with Crippen molar-refractivity contribution in [3.63, 3.8) is 0 Å². The van der Waals surface area contributed by atoms with Crippen molar-refractivity contribution in [2.75, 3.05) is 0 Å². The van der Waals surface area contributed by atoms with E-state index in [1.807, 2.05) is 0 Å². The molecule has 0 aliphatic heterocycles. The molecular weight excluding hydrogens is 462 g/mol. The first-order chi connectivity index (χ1) is 7.20. The van der Waals surface area contributed by atoms with Crippen molar-refractivity contribution in [2.24, 2.45) is 17.2 Å². The Morgan fingerprint density at radius 2 is 0.833 bits per heavy atom. The van der Waals surface area contributed by atoms with Crippen LogP contribution in [0.1, 0.15) is 0 Å². The minimum absolute atomic E-state index is 0. The molecular formula is C3H8MoN3O4S7. The van der Waals surface area contributed by atoms with Crippen molar-refractivity contribution in [2.45, 2.75) is 0 Å². The van der Waals surface area contributed by atoms with Gasteiger partial charge in [0.05, 0.1) is 0 Å². The normalized spacial score (nSPS) is 7.22. The molecule has 7 nitrogen and oxygen atoms in total. The summed E-state index contributed by atoms with van der Waals surface area (Å²) in [7, 11) is -4.67. The quantitative estimate of drug-likeness (QED) is 0.123. The number of hydrogen-bond donors (Lipinski definition) is 5. The van der Waals surface area contributed by atoms with Crippen LogP contribution in [0.15, 0.2) is 0 Å². The standard InChI is InChI=1S/3CH3NS2.Mo.H2O4S/c3*2-1(3)4;;1-5(2,3)4/h3*(H3,2,3,4);;(H2,1,2,3,4)/q;;;+3;/p-3. The molecule has 0 atom stereocenters. The van der Waals surface area contributed by atoms with Crippen molar-refractivity contribution >= 4 is 97.9 Å². The van der Waals surface area contributed by atoms with Crippen LogP contribution >= 0.6 is 36.7 Å². The second-order valence-corrected chi connectivity index (χ2v) is 5.71. The first-order valence-electron chi connectivity index (χ1n) is 2.79. The molecule has 0 aromatic heterocycles. The van der Waals surface area contributed by atoms with Crippen LogP contribution in [0.2, 0.25) is 0 Å². The third-order valence-corrected chi connectivity index (χ3v) is 0. The molecule has 0 heterocycles. The van der Waals surface area contributed by atoms with E-state index in [1.54, 1.807) is 0 Å². The molecule has 0 saturated carbocycles. The smallest absolute Gasteiger partial charge is 0.415 e. The molecule has 0 fully saturated rings. The molecule has 15 heteroatoms. The number of hydrogen-bond acceptors (Lipinski definition) is 8. The van der Waals surface area contributed by atoms with Crippen molar-refractivity contribution in [3.8, 4) is 0 Å². The maximum Gasteiger partial charge on any atom is 3.00 e. The molecule has 0 aliphatic rings. The van der Waals surface area contributed by atoms with Crippen LogP contribution in [0.5, 0.6) is 0 Å². The number of rotatable bonds is 0. The van der Waals surface area contributed by atoms with Gasteiger partial charge in [-0.25, -0.2) is 0 Å². The van der Waals surface area contributed by atoms with E-state index < -0.39 is 10.4 Å². The Labute approximate surface area is 152 Å². The zero-order valence-electron chi connectivity index (χ0n) is 8.21. The van der Waals surface area contributed by atoms with E-state index >= 15 is 0 Å². The maximum absolute atomic E-state index is 8.74. The summed E-state index contributed by atoms with van der Waals surface area (Å²) in [4.78, 5) is 0. The Morgan fingerprint density at radius 1 is 0.833 bits per heavy atom. The summed E-state index contributed by atoms with van der Waals surface area (Å²) in [5.74, 6) is 0. The summed E-state index contributed by atoms with van der Waals surface area (Å²) in [6.45, 7) is 0. The van der Waals surface area contributed by atoms with Gasteiger partial charge in [0.15, 0.2) is 0 Å². The van der Waals surface area contributed by atoms with E-state index in [-0.39, 0.29) is 34.0 Å². The molecule has 0 aliphatic carbocycles. The molecule has 8 N–H and O–H groups in total. The zero-order valence-corrected chi connectivity index (χ0v) is 15.9. The Kier molecular flexibility index (Phi) is 35.2. The minimum atomic E-state index is -4.67. The largest absolute Gasteiger partial charge is 3.00 e. The zero-order chi connectivity index (χ0) is 15.2. The van der Waals surface area contributed by atoms with Crippen LogP contribution in [-0.2, 0) is 69.4 Å². The van der Waals surface area contributed by atoms with Gasteiger partial charge >= 0.3 is 31.5 Å². The van der Waals surface area contributed by atoms with E-state index in [2.05, 4.69) is 91.7 Å². The number of thiocarbonyl (C=S) groups is 3. The Bertz CT molecular complexity index is 284. The van der Waals surface area contributed by atoms with Gasteiger partial charge in [0.25, 0.3) is 0 Å².